The van der Waals surface area contributed by atoms with Crippen LogP contribution in [0.4, 0.5) is 9.18 Å². The predicted octanol–water partition coefficient (Wildman–Crippen LogP) is 2.83. The third-order valence-corrected chi connectivity index (χ3v) is 4.12. The Kier molecular flexibility index (Phi) is 6.00. The number of nitrogens with zero attached hydrogens (tertiary/aromatic N) is 1. The lowest BCUT2D eigenvalue weighted by Crippen LogP contribution is -2.44. The molecule has 1 N–H and O–H groups in total. The maximum absolute atomic E-state index is 14.1. The first-order valence-electron chi connectivity index (χ1n) is 8.66. The first-order chi connectivity index (χ1) is 12.1. The zero-order valence-corrected chi connectivity index (χ0v) is 15.6. The summed E-state index contributed by atoms with van der Waals surface area (Å²) >= 11 is 0. The van der Waals surface area contributed by atoms with Crippen LogP contribution in [0.3, 0.4) is 0 Å². The molecule has 1 atom stereocenters. The third-order valence-electron chi connectivity index (χ3n) is 4.12. The van der Waals surface area contributed by atoms with Crippen LogP contribution in [0, 0.1) is 12.7 Å². The minimum absolute atomic E-state index is 0.0253. The monoisotopic (exact) mass is 364 g/mol. The average Bonchev–Trinajstić information content (AvgIpc) is 2.86. The van der Waals surface area contributed by atoms with E-state index in [0.29, 0.717) is 12.0 Å². The molecule has 1 heterocycles. The van der Waals surface area contributed by atoms with Gasteiger partial charge >= 0.3 is 6.09 Å². The summed E-state index contributed by atoms with van der Waals surface area (Å²) in [5.74, 6) is -1.16. The topological polar surface area (TPSA) is 75.7 Å². The number of carbonyl (C=O) groups is 3. The number of ether oxygens (including phenoxy) is 1. The molecule has 26 heavy (non-hydrogen) atoms. The number of amides is 2. The lowest BCUT2D eigenvalue weighted by molar-refractivity contribution is -0.128. The number of benzene rings is 1. The molecular weight excluding hydrogens is 339 g/mol. The highest BCUT2D eigenvalue weighted by molar-refractivity contribution is 6.04. The summed E-state index contributed by atoms with van der Waals surface area (Å²) in [6, 6.07) is 3.75. The highest BCUT2D eigenvalue weighted by Gasteiger charge is 2.37. The molecule has 2 rings (SSSR count). The van der Waals surface area contributed by atoms with Gasteiger partial charge in [0.15, 0.2) is 5.78 Å². The van der Waals surface area contributed by atoms with E-state index < -0.39 is 29.3 Å². The van der Waals surface area contributed by atoms with Gasteiger partial charge in [-0.3, -0.25) is 9.59 Å². The van der Waals surface area contributed by atoms with Crippen molar-refractivity contribution in [2.24, 2.45) is 0 Å². The highest BCUT2D eigenvalue weighted by atomic mass is 19.1. The third kappa shape index (κ3) is 4.80. The van der Waals surface area contributed by atoms with Gasteiger partial charge in [0.25, 0.3) is 0 Å². The molecule has 2 amide bonds. The second-order valence-corrected chi connectivity index (χ2v) is 7.37. The van der Waals surface area contributed by atoms with Crippen LogP contribution in [0.5, 0.6) is 0 Å². The largest absolute Gasteiger partial charge is 0.444 e. The van der Waals surface area contributed by atoms with Crippen molar-refractivity contribution >= 4 is 17.8 Å². The normalized spacial score (nSPS) is 17.3. The van der Waals surface area contributed by atoms with Crippen molar-refractivity contribution in [3.05, 3.63) is 35.1 Å². The standard InChI is InChI=1S/C19H25FN2O4/c1-12-6-5-7-13(20)16(12)17(24)14-8-9-15(23)22(14)11-10-21-18(25)26-19(2,3)4/h5-7,14H,8-11H2,1-4H3,(H,21,25)/t14-/m0/s1. The van der Waals surface area contributed by atoms with E-state index in [4.69, 9.17) is 4.74 Å². The molecule has 0 radical (unpaired) electrons. The van der Waals surface area contributed by atoms with E-state index in [1.54, 1.807) is 39.8 Å². The minimum Gasteiger partial charge on any atom is -0.444 e. The number of alkyl carbamates (subject to hydrolysis) is 1. The fourth-order valence-corrected chi connectivity index (χ4v) is 2.99. The van der Waals surface area contributed by atoms with Gasteiger partial charge in [-0.2, -0.15) is 0 Å². The van der Waals surface area contributed by atoms with Gasteiger partial charge in [-0.15, -0.1) is 0 Å². The summed E-state index contributed by atoms with van der Waals surface area (Å²) < 4.78 is 19.2. The van der Waals surface area contributed by atoms with Crippen LogP contribution < -0.4 is 5.32 Å². The molecule has 1 aromatic carbocycles. The van der Waals surface area contributed by atoms with E-state index in [9.17, 15) is 18.8 Å². The van der Waals surface area contributed by atoms with Gasteiger partial charge in [0, 0.05) is 19.5 Å². The Bertz CT molecular complexity index is 692. The second-order valence-electron chi connectivity index (χ2n) is 7.37. The van der Waals surface area contributed by atoms with Crippen LogP contribution in [0.25, 0.3) is 0 Å². The molecule has 1 saturated heterocycles. The molecule has 0 spiro atoms. The van der Waals surface area contributed by atoms with Crippen molar-refractivity contribution in [2.45, 2.75) is 52.2 Å². The Morgan fingerprint density at radius 3 is 2.65 bits per heavy atom. The second kappa shape index (κ2) is 7.85. The average molecular weight is 364 g/mol. The lowest BCUT2D eigenvalue weighted by Gasteiger charge is -2.25. The molecule has 0 bridgehead atoms. The summed E-state index contributed by atoms with van der Waals surface area (Å²) in [7, 11) is 0. The van der Waals surface area contributed by atoms with Crippen molar-refractivity contribution in [2.75, 3.05) is 13.1 Å². The maximum Gasteiger partial charge on any atom is 0.407 e. The molecule has 1 aliphatic rings. The van der Waals surface area contributed by atoms with Crippen LogP contribution >= 0.6 is 0 Å². The number of hydrogen-bond acceptors (Lipinski definition) is 4. The van der Waals surface area contributed by atoms with Crippen molar-refractivity contribution < 1.29 is 23.5 Å². The Hall–Kier alpha value is -2.44. The van der Waals surface area contributed by atoms with Crippen LogP contribution in [-0.4, -0.2) is 47.4 Å². The van der Waals surface area contributed by atoms with Crippen LogP contribution in [0.1, 0.15) is 49.5 Å². The number of halogens is 1. The number of hydrogen-bond donors (Lipinski definition) is 1. The molecule has 0 aromatic heterocycles. The molecule has 1 aliphatic heterocycles. The van der Waals surface area contributed by atoms with E-state index in [-0.39, 0.29) is 31.0 Å². The van der Waals surface area contributed by atoms with Gasteiger partial charge in [0.05, 0.1) is 11.6 Å². The van der Waals surface area contributed by atoms with Gasteiger partial charge in [-0.1, -0.05) is 12.1 Å². The Morgan fingerprint density at radius 2 is 2.04 bits per heavy atom. The van der Waals surface area contributed by atoms with Gasteiger partial charge < -0.3 is 15.0 Å². The fourth-order valence-electron chi connectivity index (χ4n) is 2.99. The highest BCUT2D eigenvalue weighted by Crippen LogP contribution is 2.25. The van der Waals surface area contributed by atoms with Crippen molar-refractivity contribution in [3.63, 3.8) is 0 Å². The van der Waals surface area contributed by atoms with Gasteiger partial charge in [0.2, 0.25) is 5.91 Å². The molecule has 1 fully saturated rings. The Labute approximate surface area is 152 Å². The summed E-state index contributed by atoms with van der Waals surface area (Å²) in [5.41, 5.74) is -0.0486. The maximum atomic E-state index is 14.1. The van der Waals surface area contributed by atoms with Gasteiger partial charge in [-0.05, 0) is 45.7 Å². The van der Waals surface area contributed by atoms with Crippen molar-refractivity contribution in [3.8, 4) is 0 Å². The van der Waals surface area contributed by atoms with E-state index in [2.05, 4.69) is 5.32 Å². The number of rotatable bonds is 5. The summed E-state index contributed by atoms with van der Waals surface area (Å²) in [6.07, 6.45) is -0.00854. The van der Waals surface area contributed by atoms with E-state index in [1.165, 1.54) is 11.0 Å². The number of nitrogens with one attached hydrogen (secondary N) is 1. The first kappa shape index (κ1) is 19.9. The summed E-state index contributed by atoms with van der Waals surface area (Å²) in [6.45, 7) is 7.25. The van der Waals surface area contributed by atoms with Gasteiger partial charge in [0.1, 0.15) is 11.4 Å². The molecule has 7 heteroatoms. The van der Waals surface area contributed by atoms with Crippen molar-refractivity contribution in [1.29, 1.82) is 0 Å². The number of Topliss-reactive ketones (excluding diaryl/α,β-unsaturated/α-hetero) is 1. The zero-order valence-electron chi connectivity index (χ0n) is 15.6. The van der Waals surface area contributed by atoms with E-state index in [1.807, 2.05) is 0 Å². The molecule has 0 unspecified atom stereocenters. The Morgan fingerprint density at radius 1 is 1.35 bits per heavy atom. The molecule has 0 aliphatic carbocycles. The molecular formula is C19H25FN2O4. The van der Waals surface area contributed by atoms with Crippen LogP contribution in [-0.2, 0) is 9.53 Å². The summed E-state index contributed by atoms with van der Waals surface area (Å²) in [4.78, 5) is 38.0. The lowest BCUT2D eigenvalue weighted by atomic mass is 9.97. The van der Waals surface area contributed by atoms with Crippen LogP contribution in [0.15, 0.2) is 18.2 Å². The predicted molar refractivity (Wildman–Crippen MR) is 94.4 cm³/mol. The zero-order chi connectivity index (χ0) is 19.5. The number of aryl methyl sites for hydroxylation is 1. The SMILES string of the molecule is Cc1cccc(F)c1C(=O)[C@@H]1CCC(=O)N1CCNC(=O)OC(C)(C)C. The molecule has 1 aromatic rings. The smallest absolute Gasteiger partial charge is 0.407 e. The van der Waals surface area contributed by atoms with E-state index >= 15 is 0 Å². The minimum atomic E-state index is -0.710. The first-order valence-corrected chi connectivity index (χ1v) is 8.66. The van der Waals surface area contributed by atoms with E-state index in [0.717, 1.165) is 0 Å². The Balaban J connectivity index is 2.02. The molecule has 142 valence electrons. The number of likely N-dealkylation sites (tertiary alicyclic amines) is 1. The number of ketones is 1. The van der Waals surface area contributed by atoms with Crippen LogP contribution in [0.2, 0.25) is 0 Å². The fraction of sp³-hybridized carbons (Fsp3) is 0.526. The van der Waals surface area contributed by atoms with Gasteiger partial charge in [-0.25, -0.2) is 9.18 Å². The summed E-state index contributed by atoms with van der Waals surface area (Å²) in [5, 5.41) is 2.57. The number of carbonyl (C=O) groups excluding carboxylic acids is 3. The van der Waals surface area contributed by atoms with Crippen molar-refractivity contribution in [1.82, 2.24) is 10.2 Å². The molecule has 6 nitrogen and oxygen atoms in total. The molecule has 0 saturated carbocycles. The quantitative estimate of drug-likeness (QED) is 0.815.